The van der Waals surface area contributed by atoms with E-state index >= 15 is 0 Å². The highest BCUT2D eigenvalue weighted by atomic mass is 127. The van der Waals surface area contributed by atoms with Crippen molar-refractivity contribution in [2.45, 2.75) is 26.4 Å². The van der Waals surface area contributed by atoms with Crippen molar-refractivity contribution in [3.63, 3.8) is 0 Å². The minimum Gasteiger partial charge on any atom is -0.393 e. The Labute approximate surface area is 109 Å². The molecule has 1 unspecified atom stereocenters. The smallest absolute Gasteiger partial charge is 0.251 e. The van der Waals surface area contributed by atoms with Crippen LogP contribution in [-0.2, 0) is 0 Å². The van der Waals surface area contributed by atoms with Gasteiger partial charge in [-0.3, -0.25) is 4.79 Å². The number of carbonyl (C=O) groups is 1. The van der Waals surface area contributed by atoms with Gasteiger partial charge < -0.3 is 10.4 Å². The van der Waals surface area contributed by atoms with Crippen LogP contribution in [0.3, 0.4) is 0 Å². The van der Waals surface area contributed by atoms with Crippen LogP contribution in [0.4, 0.5) is 0 Å². The van der Waals surface area contributed by atoms with Gasteiger partial charge >= 0.3 is 0 Å². The maximum atomic E-state index is 11.8. The molecule has 2 N–H and O–H groups in total. The summed E-state index contributed by atoms with van der Waals surface area (Å²) in [6.45, 7) is 4.15. The third kappa shape index (κ3) is 3.75. The van der Waals surface area contributed by atoms with Gasteiger partial charge in [-0.2, -0.15) is 0 Å². The molecule has 0 bridgehead atoms. The average Bonchev–Trinajstić information content (AvgIpc) is 2.21. The maximum Gasteiger partial charge on any atom is 0.251 e. The van der Waals surface area contributed by atoms with E-state index < -0.39 is 0 Å². The number of carbonyl (C=O) groups excluding carboxylic acids is 1. The van der Waals surface area contributed by atoms with Crippen molar-refractivity contribution in [3.05, 3.63) is 32.9 Å². The standard InChI is InChI=1S/C12H16INO2/c1-8(15)6-7-14-12(16)10-4-3-5-11(13)9(10)2/h3-5,8,15H,6-7H2,1-2H3,(H,14,16). The second-order valence-electron chi connectivity index (χ2n) is 3.81. The molecule has 0 aliphatic carbocycles. The molecule has 88 valence electrons. The summed E-state index contributed by atoms with van der Waals surface area (Å²) >= 11 is 2.21. The molecule has 0 aliphatic heterocycles. The van der Waals surface area contributed by atoms with E-state index in [0.717, 1.165) is 9.13 Å². The lowest BCUT2D eigenvalue weighted by Crippen LogP contribution is -2.27. The van der Waals surface area contributed by atoms with Crippen LogP contribution in [0, 0.1) is 10.5 Å². The van der Waals surface area contributed by atoms with Gasteiger partial charge in [-0.25, -0.2) is 0 Å². The van der Waals surface area contributed by atoms with E-state index in [1.165, 1.54) is 0 Å². The lowest BCUT2D eigenvalue weighted by atomic mass is 10.1. The molecule has 0 saturated carbocycles. The predicted molar refractivity (Wildman–Crippen MR) is 72.5 cm³/mol. The van der Waals surface area contributed by atoms with E-state index in [4.69, 9.17) is 5.11 Å². The molecule has 0 aromatic heterocycles. The summed E-state index contributed by atoms with van der Waals surface area (Å²) in [7, 11) is 0. The first kappa shape index (κ1) is 13.4. The Bertz CT molecular complexity index is 377. The molecule has 4 heteroatoms. The lowest BCUT2D eigenvalue weighted by molar-refractivity contribution is 0.0945. The van der Waals surface area contributed by atoms with Gasteiger partial charge in [0.1, 0.15) is 0 Å². The Morgan fingerprint density at radius 2 is 2.25 bits per heavy atom. The summed E-state index contributed by atoms with van der Waals surface area (Å²) in [5, 5.41) is 11.9. The highest BCUT2D eigenvalue weighted by molar-refractivity contribution is 14.1. The lowest BCUT2D eigenvalue weighted by Gasteiger charge is -2.09. The first-order valence-electron chi connectivity index (χ1n) is 5.23. The van der Waals surface area contributed by atoms with Crippen LogP contribution in [0.2, 0.25) is 0 Å². The molecular formula is C12H16INO2. The molecule has 1 aromatic rings. The number of halogens is 1. The fourth-order valence-electron chi connectivity index (χ4n) is 1.34. The SMILES string of the molecule is Cc1c(I)cccc1C(=O)NCCC(C)O. The quantitative estimate of drug-likeness (QED) is 0.829. The maximum absolute atomic E-state index is 11.8. The largest absolute Gasteiger partial charge is 0.393 e. The minimum atomic E-state index is -0.377. The molecule has 0 heterocycles. The van der Waals surface area contributed by atoms with Crippen LogP contribution in [0.1, 0.15) is 29.3 Å². The van der Waals surface area contributed by atoms with Gasteiger partial charge in [-0.15, -0.1) is 0 Å². The molecule has 1 atom stereocenters. The van der Waals surface area contributed by atoms with Crippen molar-refractivity contribution >= 4 is 28.5 Å². The van der Waals surface area contributed by atoms with E-state index in [2.05, 4.69) is 27.9 Å². The second-order valence-corrected chi connectivity index (χ2v) is 4.97. The number of amides is 1. The van der Waals surface area contributed by atoms with Gasteiger partial charge in [0, 0.05) is 15.7 Å². The van der Waals surface area contributed by atoms with Gasteiger partial charge in [0.05, 0.1) is 6.10 Å². The monoisotopic (exact) mass is 333 g/mol. The third-order valence-corrected chi connectivity index (χ3v) is 3.53. The Morgan fingerprint density at radius 1 is 1.56 bits per heavy atom. The molecule has 1 amide bonds. The van der Waals surface area contributed by atoms with Crippen LogP contribution in [-0.4, -0.2) is 23.7 Å². The van der Waals surface area contributed by atoms with Gasteiger partial charge in [-0.1, -0.05) is 6.07 Å². The molecule has 16 heavy (non-hydrogen) atoms. The molecule has 3 nitrogen and oxygen atoms in total. The molecule has 0 spiro atoms. The van der Waals surface area contributed by atoms with Crippen molar-refractivity contribution < 1.29 is 9.90 Å². The van der Waals surface area contributed by atoms with Crippen molar-refractivity contribution in [2.75, 3.05) is 6.54 Å². The topological polar surface area (TPSA) is 49.3 Å². The summed E-state index contributed by atoms with van der Waals surface area (Å²) in [6, 6.07) is 5.66. The summed E-state index contributed by atoms with van der Waals surface area (Å²) in [5.41, 5.74) is 1.70. The van der Waals surface area contributed by atoms with Crippen LogP contribution >= 0.6 is 22.6 Å². The van der Waals surface area contributed by atoms with Crippen molar-refractivity contribution in [1.82, 2.24) is 5.32 Å². The fraction of sp³-hybridized carbons (Fsp3) is 0.417. The van der Waals surface area contributed by atoms with E-state index in [0.29, 0.717) is 18.5 Å². The Hall–Kier alpha value is -0.620. The Morgan fingerprint density at radius 3 is 2.88 bits per heavy atom. The zero-order valence-electron chi connectivity index (χ0n) is 9.46. The second kappa shape index (κ2) is 6.20. The van der Waals surface area contributed by atoms with Crippen molar-refractivity contribution in [1.29, 1.82) is 0 Å². The minimum absolute atomic E-state index is 0.0725. The number of aliphatic hydroxyl groups excluding tert-OH is 1. The Balaban J connectivity index is 2.63. The van der Waals surface area contributed by atoms with Gasteiger partial charge in [0.2, 0.25) is 0 Å². The highest BCUT2D eigenvalue weighted by Gasteiger charge is 2.09. The third-order valence-electron chi connectivity index (χ3n) is 2.36. The van der Waals surface area contributed by atoms with Crippen LogP contribution in [0.5, 0.6) is 0 Å². The van der Waals surface area contributed by atoms with Crippen LogP contribution in [0.25, 0.3) is 0 Å². The number of hydrogen-bond donors (Lipinski definition) is 2. The molecule has 0 aliphatic rings. The van der Waals surface area contributed by atoms with Gasteiger partial charge in [0.15, 0.2) is 0 Å². The predicted octanol–water partition coefficient (Wildman–Crippen LogP) is 2.10. The summed E-state index contributed by atoms with van der Waals surface area (Å²) in [4.78, 5) is 11.8. The zero-order chi connectivity index (χ0) is 12.1. The van der Waals surface area contributed by atoms with E-state index in [-0.39, 0.29) is 12.0 Å². The molecule has 0 radical (unpaired) electrons. The molecule has 1 aromatic carbocycles. The summed E-state index contributed by atoms with van der Waals surface area (Å²) in [6.07, 6.45) is 0.201. The summed E-state index contributed by atoms with van der Waals surface area (Å²) < 4.78 is 1.08. The van der Waals surface area contributed by atoms with Gasteiger partial charge in [-0.05, 0) is 60.6 Å². The first-order chi connectivity index (χ1) is 7.52. The molecular weight excluding hydrogens is 317 g/mol. The Kier molecular flexibility index (Phi) is 5.21. The van der Waals surface area contributed by atoms with E-state index in [9.17, 15) is 4.79 Å². The number of rotatable bonds is 4. The van der Waals surface area contributed by atoms with Gasteiger partial charge in [0.25, 0.3) is 5.91 Å². The number of nitrogens with one attached hydrogen (secondary N) is 1. The van der Waals surface area contributed by atoms with Crippen molar-refractivity contribution in [3.8, 4) is 0 Å². The van der Waals surface area contributed by atoms with E-state index in [1.807, 2.05) is 25.1 Å². The van der Waals surface area contributed by atoms with Crippen LogP contribution < -0.4 is 5.32 Å². The molecule has 0 saturated heterocycles. The number of aliphatic hydroxyl groups is 1. The molecule has 0 fully saturated rings. The number of benzene rings is 1. The van der Waals surface area contributed by atoms with Crippen LogP contribution in [0.15, 0.2) is 18.2 Å². The highest BCUT2D eigenvalue weighted by Crippen LogP contribution is 2.15. The average molecular weight is 333 g/mol. The zero-order valence-corrected chi connectivity index (χ0v) is 11.6. The normalized spacial score (nSPS) is 12.2. The molecule has 1 rings (SSSR count). The van der Waals surface area contributed by atoms with E-state index in [1.54, 1.807) is 6.92 Å². The summed E-state index contributed by atoms with van der Waals surface area (Å²) in [5.74, 6) is -0.0725. The fourth-order valence-corrected chi connectivity index (χ4v) is 1.84. The number of hydrogen-bond acceptors (Lipinski definition) is 2. The first-order valence-corrected chi connectivity index (χ1v) is 6.31. The van der Waals surface area contributed by atoms with Crippen molar-refractivity contribution in [2.24, 2.45) is 0 Å².